The zero-order valence-corrected chi connectivity index (χ0v) is 16.4. The van der Waals surface area contributed by atoms with Gasteiger partial charge in [-0.15, -0.1) is 0 Å². The van der Waals surface area contributed by atoms with E-state index in [4.69, 9.17) is 16.3 Å². The molecule has 1 saturated heterocycles. The number of carbonyl (C=O) groups is 2. The molecule has 2 N–H and O–H groups in total. The summed E-state index contributed by atoms with van der Waals surface area (Å²) in [5, 5.41) is 6.22. The van der Waals surface area contributed by atoms with Crippen LogP contribution in [0.1, 0.15) is 12.8 Å². The van der Waals surface area contributed by atoms with E-state index in [0.29, 0.717) is 43.3 Å². The maximum Gasteiger partial charge on any atom is 0.238 e. The number of rotatable bonds is 6. The predicted molar refractivity (Wildman–Crippen MR) is 109 cm³/mol. The van der Waals surface area contributed by atoms with E-state index >= 15 is 0 Å². The second kappa shape index (κ2) is 9.52. The molecule has 0 spiro atoms. The molecule has 28 heavy (non-hydrogen) atoms. The van der Waals surface area contributed by atoms with Gasteiger partial charge in [0.15, 0.2) is 0 Å². The summed E-state index contributed by atoms with van der Waals surface area (Å²) in [6, 6.07) is 10.6. The number of aromatic nitrogens is 1. The summed E-state index contributed by atoms with van der Waals surface area (Å²) in [7, 11) is 1.60. The van der Waals surface area contributed by atoms with Crippen LogP contribution in [0.2, 0.25) is 5.02 Å². The lowest BCUT2D eigenvalue weighted by atomic mass is 9.96. The highest BCUT2D eigenvalue weighted by atomic mass is 35.5. The molecule has 8 heteroatoms. The van der Waals surface area contributed by atoms with Crippen LogP contribution in [0.15, 0.2) is 42.6 Å². The maximum atomic E-state index is 12.4. The number of anilines is 2. The van der Waals surface area contributed by atoms with Crippen LogP contribution in [0.5, 0.6) is 5.75 Å². The van der Waals surface area contributed by atoms with Crippen molar-refractivity contribution in [1.82, 2.24) is 9.88 Å². The second-order valence-electron chi connectivity index (χ2n) is 6.68. The molecule has 1 aliphatic rings. The normalized spacial score (nSPS) is 15.1. The monoisotopic (exact) mass is 402 g/mol. The molecule has 0 aliphatic carbocycles. The van der Waals surface area contributed by atoms with Crippen molar-refractivity contribution in [2.45, 2.75) is 12.8 Å². The minimum absolute atomic E-state index is 0.0443. The van der Waals surface area contributed by atoms with Crippen LogP contribution < -0.4 is 15.4 Å². The Labute approximate surface area is 169 Å². The van der Waals surface area contributed by atoms with E-state index in [1.54, 1.807) is 43.5 Å². The van der Waals surface area contributed by atoms with Gasteiger partial charge in [-0.05, 0) is 62.3 Å². The summed E-state index contributed by atoms with van der Waals surface area (Å²) < 4.78 is 5.10. The molecule has 0 unspecified atom stereocenters. The van der Waals surface area contributed by atoms with Gasteiger partial charge >= 0.3 is 0 Å². The smallest absolute Gasteiger partial charge is 0.238 e. The fourth-order valence-corrected chi connectivity index (χ4v) is 3.22. The molecular weight excluding hydrogens is 380 g/mol. The first-order valence-corrected chi connectivity index (χ1v) is 9.50. The van der Waals surface area contributed by atoms with Crippen molar-refractivity contribution in [2.24, 2.45) is 5.92 Å². The lowest BCUT2D eigenvalue weighted by Crippen LogP contribution is -2.41. The van der Waals surface area contributed by atoms with Crippen molar-refractivity contribution >= 4 is 34.9 Å². The number of pyridine rings is 1. The van der Waals surface area contributed by atoms with Gasteiger partial charge in [-0.2, -0.15) is 0 Å². The third-order valence-electron chi connectivity index (χ3n) is 4.68. The van der Waals surface area contributed by atoms with E-state index in [9.17, 15) is 9.59 Å². The topological polar surface area (TPSA) is 83.6 Å². The molecular formula is C20H23ClN4O3. The molecule has 3 rings (SSSR count). The van der Waals surface area contributed by atoms with Crippen LogP contribution in [0.3, 0.4) is 0 Å². The number of piperidine rings is 1. The molecule has 0 atom stereocenters. The molecule has 1 fully saturated rings. The van der Waals surface area contributed by atoms with E-state index in [1.807, 2.05) is 0 Å². The number of benzene rings is 1. The number of amides is 2. The minimum Gasteiger partial charge on any atom is -0.497 e. The van der Waals surface area contributed by atoms with Crippen molar-refractivity contribution in [3.8, 4) is 5.75 Å². The van der Waals surface area contributed by atoms with Crippen LogP contribution in [0.4, 0.5) is 11.5 Å². The van der Waals surface area contributed by atoms with E-state index in [1.165, 1.54) is 6.20 Å². The molecule has 2 amide bonds. The fourth-order valence-electron chi connectivity index (χ4n) is 3.11. The molecule has 1 aliphatic heterocycles. The first kappa shape index (κ1) is 20.1. The number of likely N-dealkylation sites (tertiary alicyclic amines) is 1. The van der Waals surface area contributed by atoms with Crippen molar-refractivity contribution in [2.75, 3.05) is 37.4 Å². The van der Waals surface area contributed by atoms with E-state index < -0.39 is 0 Å². The van der Waals surface area contributed by atoms with Gasteiger partial charge in [0.05, 0.1) is 18.7 Å². The van der Waals surface area contributed by atoms with Crippen LogP contribution in [0.25, 0.3) is 0 Å². The van der Waals surface area contributed by atoms with E-state index in [-0.39, 0.29) is 17.7 Å². The Morgan fingerprint density at radius 2 is 1.86 bits per heavy atom. The van der Waals surface area contributed by atoms with Gasteiger partial charge in [0.2, 0.25) is 11.8 Å². The van der Waals surface area contributed by atoms with Crippen molar-refractivity contribution in [3.05, 3.63) is 47.6 Å². The fraction of sp³-hybridized carbons (Fsp3) is 0.350. The van der Waals surface area contributed by atoms with Crippen molar-refractivity contribution in [3.63, 3.8) is 0 Å². The lowest BCUT2D eigenvalue weighted by Gasteiger charge is -2.30. The van der Waals surface area contributed by atoms with E-state index in [2.05, 4.69) is 20.5 Å². The van der Waals surface area contributed by atoms with Crippen molar-refractivity contribution < 1.29 is 14.3 Å². The average Bonchev–Trinajstić information content (AvgIpc) is 2.71. The SMILES string of the molecule is COc1ccc(NC(=O)CN2CCC(C(=O)Nc3ccc(Cl)cn3)CC2)cc1. The Kier molecular flexibility index (Phi) is 6.84. The largest absolute Gasteiger partial charge is 0.497 e. The molecule has 148 valence electrons. The van der Waals surface area contributed by atoms with Gasteiger partial charge in [0, 0.05) is 17.8 Å². The zero-order chi connectivity index (χ0) is 19.9. The van der Waals surface area contributed by atoms with Gasteiger partial charge in [-0.3, -0.25) is 14.5 Å². The highest BCUT2D eigenvalue weighted by molar-refractivity contribution is 6.30. The Morgan fingerprint density at radius 1 is 1.14 bits per heavy atom. The number of hydrogen-bond acceptors (Lipinski definition) is 5. The summed E-state index contributed by atoms with van der Waals surface area (Å²) in [6.45, 7) is 1.70. The second-order valence-corrected chi connectivity index (χ2v) is 7.11. The number of methoxy groups -OCH3 is 1. The molecule has 2 aromatic rings. The van der Waals surface area contributed by atoms with Gasteiger partial charge < -0.3 is 15.4 Å². The maximum absolute atomic E-state index is 12.4. The van der Waals surface area contributed by atoms with Crippen molar-refractivity contribution in [1.29, 1.82) is 0 Å². The Morgan fingerprint density at radius 3 is 2.46 bits per heavy atom. The standard InChI is InChI=1S/C20H23ClN4O3/c1-28-17-5-3-16(4-6-17)23-19(26)13-25-10-8-14(9-11-25)20(27)24-18-7-2-15(21)12-22-18/h2-7,12,14H,8-11,13H2,1H3,(H,23,26)(H,22,24,27). The highest BCUT2D eigenvalue weighted by Gasteiger charge is 2.26. The molecule has 1 aromatic heterocycles. The summed E-state index contributed by atoms with van der Waals surface area (Å²) in [6.07, 6.45) is 2.91. The molecule has 0 saturated carbocycles. The van der Waals surface area contributed by atoms with Crippen LogP contribution in [-0.4, -0.2) is 48.4 Å². The number of ether oxygens (including phenoxy) is 1. The minimum atomic E-state index is -0.0848. The Balaban J connectivity index is 1.42. The van der Waals surface area contributed by atoms with Gasteiger partial charge in [0.1, 0.15) is 11.6 Å². The van der Waals surface area contributed by atoms with Crippen LogP contribution in [-0.2, 0) is 9.59 Å². The third kappa shape index (κ3) is 5.68. The number of nitrogens with zero attached hydrogens (tertiary/aromatic N) is 2. The summed E-state index contributed by atoms with van der Waals surface area (Å²) in [5.41, 5.74) is 0.732. The van der Waals surface area contributed by atoms with E-state index in [0.717, 1.165) is 11.4 Å². The van der Waals surface area contributed by atoms with Crippen LogP contribution in [0, 0.1) is 5.92 Å². The van der Waals surface area contributed by atoms with Gasteiger partial charge in [0.25, 0.3) is 0 Å². The van der Waals surface area contributed by atoms with Crippen LogP contribution >= 0.6 is 11.6 Å². The first-order chi connectivity index (χ1) is 13.5. The first-order valence-electron chi connectivity index (χ1n) is 9.12. The predicted octanol–water partition coefficient (Wildman–Crippen LogP) is 3.03. The Hall–Kier alpha value is -2.64. The summed E-state index contributed by atoms with van der Waals surface area (Å²) >= 11 is 5.80. The number of hydrogen-bond donors (Lipinski definition) is 2. The quantitative estimate of drug-likeness (QED) is 0.775. The number of nitrogens with one attached hydrogen (secondary N) is 2. The summed E-state index contributed by atoms with van der Waals surface area (Å²) in [5.74, 6) is 1.04. The lowest BCUT2D eigenvalue weighted by molar-refractivity contribution is -0.121. The highest BCUT2D eigenvalue weighted by Crippen LogP contribution is 2.20. The number of carbonyl (C=O) groups excluding carboxylic acids is 2. The molecule has 7 nitrogen and oxygen atoms in total. The Bertz CT molecular complexity index is 803. The van der Waals surface area contributed by atoms with Gasteiger partial charge in [-0.25, -0.2) is 4.98 Å². The van der Waals surface area contributed by atoms with Gasteiger partial charge in [-0.1, -0.05) is 11.6 Å². The molecule has 2 heterocycles. The molecule has 1 aromatic carbocycles. The molecule has 0 bridgehead atoms. The average molecular weight is 403 g/mol. The number of halogens is 1. The third-order valence-corrected chi connectivity index (χ3v) is 4.90. The molecule has 0 radical (unpaired) electrons. The summed E-state index contributed by atoms with van der Waals surface area (Å²) in [4.78, 5) is 30.8. The zero-order valence-electron chi connectivity index (χ0n) is 15.7.